The largest absolute Gasteiger partial charge is 0.456 e. The van der Waals surface area contributed by atoms with Crippen molar-refractivity contribution < 1.29 is 4.42 Å². The maximum absolute atomic E-state index is 6.40. The summed E-state index contributed by atoms with van der Waals surface area (Å²) in [4.78, 5) is 4.90. The van der Waals surface area contributed by atoms with Gasteiger partial charge in [-0.3, -0.25) is 4.99 Å². The van der Waals surface area contributed by atoms with E-state index in [-0.39, 0.29) is 0 Å². The van der Waals surface area contributed by atoms with Crippen molar-refractivity contribution in [3.8, 4) is 33.4 Å². The first-order valence-corrected chi connectivity index (χ1v) is 19.8. The molecule has 0 bridgehead atoms. The molecule has 0 fully saturated rings. The van der Waals surface area contributed by atoms with E-state index in [0.29, 0.717) is 6.54 Å². The van der Waals surface area contributed by atoms with Gasteiger partial charge in [0.1, 0.15) is 11.2 Å². The number of hydrogen-bond acceptors (Lipinski definition) is 4. The van der Waals surface area contributed by atoms with E-state index in [1.807, 2.05) is 35.0 Å². The van der Waals surface area contributed by atoms with Crippen molar-refractivity contribution in [3.63, 3.8) is 0 Å². The SMILES string of the molecule is C(=NCc1ccc(-c2ccccc2)cc1)c1cccc2oc3ccc(-c4cccc5sc6c(-c7ccc8c(c7)sc7ccccc78)cccc6c45)cc3c12. The molecule has 0 aliphatic rings. The number of nitrogens with zero attached hydrogens (tertiary/aromatic N) is 1. The summed E-state index contributed by atoms with van der Waals surface area (Å²) in [5.74, 6) is 0. The van der Waals surface area contributed by atoms with Gasteiger partial charge in [0.25, 0.3) is 0 Å². The summed E-state index contributed by atoms with van der Waals surface area (Å²) >= 11 is 3.76. The molecule has 0 aliphatic heterocycles. The van der Waals surface area contributed by atoms with Gasteiger partial charge in [-0.25, -0.2) is 0 Å². The monoisotopic (exact) mass is 725 g/mol. The van der Waals surface area contributed by atoms with Gasteiger partial charge < -0.3 is 4.42 Å². The normalized spacial score (nSPS) is 12.1. The van der Waals surface area contributed by atoms with Crippen molar-refractivity contribution in [1.29, 1.82) is 0 Å². The Bertz CT molecular complexity index is 3240. The number of rotatable bonds is 6. The van der Waals surface area contributed by atoms with Gasteiger partial charge in [-0.2, -0.15) is 0 Å². The van der Waals surface area contributed by atoms with Crippen LogP contribution in [0.4, 0.5) is 0 Å². The first-order valence-electron chi connectivity index (χ1n) is 18.2. The lowest BCUT2D eigenvalue weighted by Gasteiger charge is -2.07. The van der Waals surface area contributed by atoms with Crippen LogP contribution in [-0.4, -0.2) is 6.21 Å². The molecule has 3 aromatic heterocycles. The second-order valence-corrected chi connectivity index (χ2v) is 16.0. The molecule has 11 aromatic rings. The van der Waals surface area contributed by atoms with Crippen molar-refractivity contribution >= 4 is 91.2 Å². The predicted octanol–water partition coefficient (Wildman–Crippen LogP) is 14.9. The van der Waals surface area contributed by atoms with Gasteiger partial charge in [0.15, 0.2) is 0 Å². The van der Waals surface area contributed by atoms with Crippen LogP contribution in [0.5, 0.6) is 0 Å². The summed E-state index contributed by atoms with van der Waals surface area (Å²) in [7, 11) is 0. The lowest BCUT2D eigenvalue weighted by Crippen LogP contribution is -1.87. The van der Waals surface area contributed by atoms with E-state index < -0.39 is 0 Å². The molecule has 0 N–H and O–H groups in total. The van der Waals surface area contributed by atoms with E-state index in [1.54, 1.807) is 0 Å². The van der Waals surface area contributed by atoms with Crippen molar-refractivity contribution in [2.45, 2.75) is 6.54 Å². The number of thiophene rings is 2. The molecule has 0 aliphatic carbocycles. The van der Waals surface area contributed by atoms with Crippen LogP contribution in [-0.2, 0) is 6.54 Å². The molecule has 2 nitrogen and oxygen atoms in total. The van der Waals surface area contributed by atoms with Crippen molar-refractivity contribution in [2.75, 3.05) is 0 Å². The molecular formula is C50H31NOS2. The van der Waals surface area contributed by atoms with Crippen molar-refractivity contribution in [2.24, 2.45) is 4.99 Å². The molecule has 0 saturated heterocycles. The van der Waals surface area contributed by atoms with Crippen LogP contribution in [0.3, 0.4) is 0 Å². The second-order valence-electron chi connectivity index (χ2n) is 13.8. The highest BCUT2D eigenvalue weighted by molar-refractivity contribution is 7.26. The molecule has 254 valence electrons. The third-order valence-corrected chi connectivity index (χ3v) is 13.0. The third-order valence-electron chi connectivity index (χ3n) is 10.6. The van der Waals surface area contributed by atoms with Gasteiger partial charge >= 0.3 is 0 Å². The lowest BCUT2D eigenvalue weighted by molar-refractivity contribution is 0.669. The van der Waals surface area contributed by atoms with E-state index >= 15 is 0 Å². The average Bonchev–Trinajstić information content (AvgIpc) is 3.92. The summed E-state index contributed by atoms with van der Waals surface area (Å²) in [6.45, 7) is 0.611. The van der Waals surface area contributed by atoms with E-state index in [2.05, 4.69) is 164 Å². The molecular weight excluding hydrogens is 695 g/mol. The summed E-state index contributed by atoms with van der Waals surface area (Å²) in [5, 5.41) is 7.45. The minimum absolute atomic E-state index is 0.611. The van der Waals surface area contributed by atoms with Gasteiger partial charge in [-0.15, -0.1) is 22.7 Å². The molecule has 0 atom stereocenters. The Labute approximate surface area is 319 Å². The summed E-state index contributed by atoms with van der Waals surface area (Å²) in [6, 6.07) is 61.2. The molecule has 11 rings (SSSR count). The molecule has 3 heterocycles. The highest BCUT2D eigenvalue weighted by atomic mass is 32.1. The minimum Gasteiger partial charge on any atom is -0.456 e. The number of benzene rings is 8. The van der Waals surface area contributed by atoms with Gasteiger partial charge in [-0.1, -0.05) is 133 Å². The minimum atomic E-state index is 0.611. The Morgan fingerprint density at radius 1 is 0.444 bits per heavy atom. The van der Waals surface area contributed by atoms with Crippen molar-refractivity contribution in [3.05, 3.63) is 181 Å². The molecule has 0 saturated carbocycles. The molecule has 0 spiro atoms. The Hall–Kier alpha value is -6.33. The van der Waals surface area contributed by atoms with Crippen LogP contribution in [0.1, 0.15) is 11.1 Å². The Morgan fingerprint density at radius 2 is 1.15 bits per heavy atom. The molecule has 54 heavy (non-hydrogen) atoms. The first kappa shape index (κ1) is 31.2. The van der Waals surface area contributed by atoms with E-state index in [0.717, 1.165) is 27.5 Å². The zero-order valence-corrected chi connectivity index (χ0v) is 30.8. The maximum Gasteiger partial charge on any atom is 0.136 e. The van der Waals surface area contributed by atoms with E-state index in [9.17, 15) is 0 Å². The van der Waals surface area contributed by atoms with Gasteiger partial charge in [0.2, 0.25) is 0 Å². The predicted molar refractivity (Wildman–Crippen MR) is 234 cm³/mol. The molecule has 4 heteroatoms. The maximum atomic E-state index is 6.40. The average molecular weight is 726 g/mol. The second kappa shape index (κ2) is 12.7. The van der Waals surface area contributed by atoms with Crippen LogP contribution < -0.4 is 0 Å². The number of hydrogen-bond donors (Lipinski definition) is 0. The van der Waals surface area contributed by atoms with Crippen LogP contribution >= 0.6 is 22.7 Å². The fourth-order valence-electron chi connectivity index (χ4n) is 8.02. The van der Waals surface area contributed by atoms with Crippen LogP contribution in [0.15, 0.2) is 179 Å². The quantitative estimate of drug-likeness (QED) is 0.157. The van der Waals surface area contributed by atoms with Gasteiger partial charge in [0, 0.05) is 62.9 Å². The van der Waals surface area contributed by atoms with Crippen LogP contribution in [0, 0.1) is 0 Å². The first-order chi connectivity index (χ1) is 26.7. The zero-order chi connectivity index (χ0) is 35.6. The highest BCUT2D eigenvalue weighted by Gasteiger charge is 2.17. The standard InChI is InChI=1S/C50H31NOS2/c1-2-9-32(10-3-1)33-21-19-31(20-22-33)29-51-30-36-11-6-16-44-48(36)42-27-34(24-26-43(42)52-44)37-13-8-18-46-49(37)41-15-7-14-38(50(41)54-46)35-23-25-40-39-12-4-5-17-45(39)53-47(40)28-35/h1-28,30H,29H2. The Kier molecular flexibility index (Phi) is 7.32. The number of furan rings is 1. The van der Waals surface area contributed by atoms with E-state index in [4.69, 9.17) is 9.41 Å². The fourth-order valence-corrected chi connectivity index (χ4v) is 10.4. The molecule has 0 amide bonds. The topological polar surface area (TPSA) is 25.5 Å². The molecule has 8 aromatic carbocycles. The van der Waals surface area contributed by atoms with E-state index in [1.165, 1.54) is 79.3 Å². The Balaban J connectivity index is 0.971. The molecule has 0 unspecified atom stereocenters. The Morgan fingerprint density at radius 3 is 2.07 bits per heavy atom. The summed E-state index contributed by atoms with van der Waals surface area (Å²) in [6.07, 6.45) is 2.00. The lowest BCUT2D eigenvalue weighted by atomic mass is 9.96. The summed E-state index contributed by atoms with van der Waals surface area (Å²) < 4.78 is 11.7. The van der Waals surface area contributed by atoms with Gasteiger partial charge in [-0.05, 0) is 75.3 Å². The van der Waals surface area contributed by atoms with Crippen molar-refractivity contribution in [1.82, 2.24) is 0 Å². The van der Waals surface area contributed by atoms with Gasteiger partial charge in [0.05, 0.1) is 6.54 Å². The van der Waals surface area contributed by atoms with Crippen LogP contribution in [0.2, 0.25) is 0 Å². The van der Waals surface area contributed by atoms with Crippen LogP contribution in [0.25, 0.3) is 95.7 Å². The smallest absolute Gasteiger partial charge is 0.136 e. The zero-order valence-electron chi connectivity index (χ0n) is 29.1. The molecule has 0 radical (unpaired) electrons. The number of fused-ring (bicyclic) bond motifs is 9. The highest BCUT2D eigenvalue weighted by Crippen LogP contribution is 2.46. The fraction of sp³-hybridized carbons (Fsp3) is 0.0200. The summed E-state index contributed by atoms with van der Waals surface area (Å²) in [5.41, 5.74) is 11.4. The third kappa shape index (κ3) is 5.18. The number of aliphatic imine (C=N–C) groups is 1.